The molecule has 0 bridgehead atoms. The van der Waals surface area contributed by atoms with E-state index in [2.05, 4.69) is 9.97 Å². The van der Waals surface area contributed by atoms with Crippen LogP contribution in [0.2, 0.25) is 0 Å². The van der Waals surface area contributed by atoms with E-state index in [1.165, 1.54) is 33.0 Å². The minimum Gasteiger partial charge on any atom is -0.452 e. The number of ether oxygens (including phenoxy) is 1. The molecule has 2 heterocycles. The lowest BCUT2D eigenvalue weighted by Gasteiger charge is -2.24. The minimum atomic E-state index is -0.763. The third-order valence-corrected chi connectivity index (χ3v) is 5.98. The van der Waals surface area contributed by atoms with Crippen molar-refractivity contribution >= 4 is 51.0 Å². The highest BCUT2D eigenvalue weighted by molar-refractivity contribution is 7.19. The molecule has 1 aromatic carbocycles. The topological polar surface area (TPSA) is 140 Å². The van der Waals surface area contributed by atoms with E-state index in [-0.39, 0.29) is 24.6 Å². The molecular weight excluding hydrogens is 458 g/mol. The smallest absolute Gasteiger partial charge is 0.331 e. The number of rotatable bonds is 10. The summed E-state index contributed by atoms with van der Waals surface area (Å²) in [4.78, 5) is 57.5. The first-order valence-electron chi connectivity index (χ1n) is 11.0. The van der Waals surface area contributed by atoms with E-state index in [9.17, 15) is 19.2 Å². The Balaban J connectivity index is 1.74. The Morgan fingerprint density at radius 1 is 1.24 bits per heavy atom. The molecule has 0 saturated heterocycles. The second-order valence-electron chi connectivity index (χ2n) is 7.50. The number of nitrogens with one attached hydrogen (secondary N) is 1. The van der Waals surface area contributed by atoms with Crippen molar-refractivity contribution in [2.45, 2.75) is 39.7 Å². The second kappa shape index (κ2) is 11.4. The molecule has 11 heteroatoms. The molecule has 3 aromatic rings. The number of hydrogen-bond donors (Lipinski definition) is 2. The molecule has 0 unspecified atom stereocenters. The summed E-state index contributed by atoms with van der Waals surface area (Å²) in [6.07, 6.45) is 4.67. The zero-order chi connectivity index (χ0) is 24.7. The van der Waals surface area contributed by atoms with Gasteiger partial charge in [-0.25, -0.2) is 14.6 Å². The van der Waals surface area contributed by atoms with Gasteiger partial charge in [0.05, 0.1) is 10.2 Å². The molecule has 3 N–H and O–H groups in total. The number of H-pyrrole nitrogens is 1. The number of para-hydroxylation sites is 1. The molecule has 0 spiro atoms. The minimum absolute atomic E-state index is 0.0953. The molecule has 0 aliphatic rings. The molecule has 1 amide bonds. The highest BCUT2D eigenvalue weighted by Gasteiger charge is 2.24. The van der Waals surface area contributed by atoms with Crippen LogP contribution in [-0.4, -0.2) is 39.6 Å². The average Bonchev–Trinajstić information content (AvgIpc) is 3.24. The number of thiazole rings is 1. The number of esters is 1. The number of aromatic nitrogens is 3. The lowest BCUT2D eigenvalue weighted by atomic mass is 10.2. The van der Waals surface area contributed by atoms with Gasteiger partial charge in [0, 0.05) is 19.2 Å². The van der Waals surface area contributed by atoms with E-state index in [0.717, 1.165) is 16.6 Å². The van der Waals surface area contributed by atoms with Crippen molar-refractivity contribution in [2.24, 2.45) is 0 Å². The first-order valence-corrected chi connectivity index (χ1v) is 11.8. The van der Waals surface area contributed by atoms with E-state index in [1.807, 2.05) is 38.1 Å². The standard InChI is InChI=1S/C23H27N5O5S/c1-3-5-13-27(20-21(24)28(12-4-2)23(32)26-22(20)31)18(29)14-33-19(30)11-10-17-25-15-8-6-7-9-16(15)34-17/h6-11H,3-5,12-14,24H2,1-2H3,(H,26,31,32)/b11-10+. The van der Waals surface area contributed by atoms with E-state index in [0.29, 0.717) is 17.8 Å². The van der Waals surface area contributed by atoms with Gasteiger partial charge in [0.2, 0.25) is 0 Å². The van der Waals surface area contributed by atoms with Gasteiger partial charge in [-0.2, -0.15) is 0 Å². The Bertz CT molecular complexity index is 1290. The van der Waals surface area contributed by atoms with Crippen LogP contribution in [0.3, 0.4) is 0 Å². The molecule has 10 nitrogen and oxygen atoms in total. The lowest BCUT2D eigenvalue weighted by molar-refractivity contribution is -0.142. The van der Waals surface area contributed by atoms with Crippen LogP contribution < -0.4 is 21.9 Å². The third-order valence-electron chi connectivity index (χ3n) is 4.98. The number of carbonyl (C=O) groups excluding carboxylic acids is 2. The van der Waals surface area contributed by atoms with Gasteiger partial charge in [0.25, 0.3) is 11.5 Å². The van der Waals surface area contributed by atoms with Crippen molar-refractivity contribution in [3.05, 3.63) is 56.2 Å². The van der Waals surface area contributed by atoms with Crippen molar-refractivity contribution in [1.82, 2.24) is 14.5 Å². The SMILES string of the molecule is CCCCN(C(=O)COC(=O)/C=C/c1nc2ccccc2s1)c1c(N)n(CCC)c(=O)[nH]c1=O. The van der Waals surface area contributed by atoms with Crippen LogP contribution in [0, 0.1) is 0 Å². The number of hydrogen-bond acceptors (Lipinski definition) is 8. The molecular formula is C23H27N5O5S. The van der Waals surface area contributed by atoms with Gasteiger partial charge >= 0.3 is 11.7 Å². The molecule has 2 aromatic heterocycles. The van der Waals surface area contributed by atoms with Crippen LogP contribution in [0.25, 0.3) is 16.3 Å². The zero-order valence-electron chi connectivity index (χ0n) is 19.1. The summed E-state index contributed by atoms with van der Waals surface area (Å²) >= 11 is 1.42. The van der Waals surface area contributed by atoms with Gasteiger partial charge in [-0.1, -0.05) is 32.4 Å². The molecule has 0 radical (unpaired) electrons. The average molecular weight is 486 g/mol. The van der Waals surface area contributed by atoms with E-state index >= 15 is 0 Å². The molecule has 0 saturated carbocycles. The Kier molecular flexibility index (Phi) is 8.36. The van der Waals surface area contributed by atoms with Crippen molar-refractivity contribution in [3.63, 3.8) is 0 Å². The number of unbranched alkanes of at least 4 members (excludes halogenated alkanes) is 1. The molecule has 0 atom stereocenters. The van der Waals surface area contributed by atoms with Crippen LogP contribution in [0.5, 0.6) is 0 Å². The van der Waals surface area contributed by atoms with Gasteiger partial charge in [-0.15, -0.1) is 11.3 Å². The molecule has 0 aliphatic heterocycles. The summed E-state index contributed by atoms with van der Waals surface area (Å²) in [7, 11) is 0. The first-order chi connectivity index (χ1) is 16.3. The number of nitrogens with two attached hydrogens (primary N) is 1. The van der Waals surface area contributed by atoms with E-state index in [4.69, 9.17) is 10.5 Å². The lowest BCUT2D eigenvalue weighted by Crippen LogP contribution is -2.43. The van der Waals surface area contributed by atoms with Crippen LogP contribution in [-0.2, 0) is 20.9 Å². The third kappa shape index (κ3) is 5.79. The maximum Gasteiger partial charge on any atom is 0.331 e. The molecule has 0 fully saturated rings. The number of benzene rings is 1. The number of amides is 1. The van der Waals surface area contributed by atoms with E-state index < -0.39 is 29.7 Å². The Labute approximate surface area is 199 Å². The summed E-state index contributed by atoms with van der Waals surface area (Å²) in [5.41, 5.74) is 5.42. The van der Waals surface area contributed by atoms with Gasteiger partial charge in [0.15, 0.2) is 12.3 Å². The Morgan fingerprint density at radius 2 is 2.00 bits per heavy atom. The van der Waals surface area contributed by atoms with Crippen LogP contribution >= 0.6 is 11.3 Å². The van der Waals surface area contributed by atoms with Gasteiger partial charge in [0.1, 0.15) is 10.8 Å². The normalized spacial score (nSPS) is 11.2. The van der Waals surface area contributed by atoms with E-state index in [1.54, 1.807) is 0 Å². The molecule has 3 rings (SSSR count). The van der Waals surface area contributed by atoms with Crippen LogP contribution in [0.4, 0.5) is 11.5 Å². The Morgan fingerprint density at radius 3 is 2.71 bits per heavy atom. The van der Waals surface area contributed by atoms with Crippen LogP contribution in [0.1, 0.15) is 38.1 Å². The van der Waals surface area contributed by atoms with Crippen molar-refractivity contribution in [3.8, 4) is 0 Å². The number of fused-ring (bicyclic) bond motifs is 1. The maximum absolute atomic E-state index is 12.9. The summed E-state index contributed by atoms with van der Waals surface area (Å²) in [5, 5.41) is 0.631. The van der Waals surface area contributed by atoms with Crippen LogP contribution in [0.15, 0.2) is 39.9 Å². The largest absolute Gasteiger partial charge is 0.452 e. The second-order valence-corrected chi connectivity index (χ2v) is 8.57. The van der Waals surface area contributed by atoms with Gasteiger partial charge < -0.3 is 15.4 Å². The number of anilines is 2. The molecule has 0 aliphatic carbocycles. The fourth-order valence-corrected chi connectivity index (χ4v) is 4.19. The van der Waals surface area contributed by atoms with Crippen molar-refractivity contribution in [1.29, 1.82) is 0 Å². The maximum atomic E-state index is 12.9. The molecule has 34 heavy (non-hydrogen) atoms. The summed E-state index contributed by atoms with van der Waals surface area (Å²) in [5.74, 6) is -1.43. The Hall–Kier alpha value is -3.73. The quantitative estimate of drug-likeness (QED) is 0.332. The van der Waals surface area contributed by atoms with Gasteiger partial charge in [-0.05, 0) is 31.1 Å². The highest BCUT2D eigenvalue weighted by Crippen LogP contribution is 2.22. The zero-order valence-corrected chi connectivity index (χ0v) is 19.9. The predicted octanol–water partition coefficient (Wildman–Crippen LogP) is 2.53. The number of carbonyl (C=O) groups is 2. The number of nitrogens with zero attached hydrogens (tertiary/aromatic N) is 3. The summed E-state index contributed by atoms with van der Waals surface area (Å²) < 4.78 is 7.31. The number of aromatic amines is 1. The summed E-state index contributed by atoms with van der Waals surface area (Å²) in [6.45, 7) is 3.68. The fraction of sp³-hybridized carbons (Fsp3) is 0.348. The van der Waals surface area contributed by atoms with Gasteiger partial charge in [-0.3, -0.25) is 19.1 Å². The monoisotopic (exact) mass is 485 g/mol. The molecule has 180 valence electrons. The van der Waals surface area contributed by atoms with Crippen molar-refractivity contribution in [2.75, 3.05) is 23.8 Å². The predicted molar refractivity (Wildman–Crippen MR) is 133 cm³/mol. The summed E-state index contributed by atoms with van der Waals surface area (Å²) in [6, 6.07) is 7.60. The van der Waals surface area contributed by atoms with Crippen molar-refractivity contribution < 1.29 is 14.3 Å². The first kappa shape index (κ1) is 24.9. The highest BCUT2D eigenvalue weighted by atomic mass is 32.1. The number of nitrogen functional groups attached to an aromatic ring is 1. The fourth-order valence-electron chi connectivity index (χ4n) is 3.32.